The van der Waals surface area contributed by atoms with Gasteiger partial charge in [0, 0.05) is 43.6 Å². The van der Waals surface area contributed by atoms with E-state index in [9.17, 15) is 4.79 Å². The van der Waals surface area contributed by atoms with Crippen molar-refractivity contribution in [3.8, 4) is 0 Å². The predicted molar refractivity (Wildman–Crippen MR) is 122 cm³/mol. The van der Waals surface area contributed by atoms with E-state index in [0.29, 0.717) is 12.5 Å². The summed E-state index contributed by atoms with van der Waals surface area (Å²) in [5.41, 5.74) is 2.71. The minimum atomic E-state index is -0.0333. The van der Waals surface area contributed by atoms with Crippen LogP contribution in [0.15, 0.2) is 41.8 Å². The van der Waals surface area contributed by atoms with Crippen LogP contribution in [0.3, 0.4) is 0 Å². The van der Waals surface area contributed by atoms with Gasteiger partial charge >= 0.3 is 6.03 Å². The lowest BCUT2D eigenvalue weighted by Crippen LogP contribution is -2.44. The molecule has 1 aromatic carbocycles. The van der Waals surface area contributed by atoms with Gasteiger partial charge in [0.15, 0.2) is 0 Å². The maximum absolute atomic E-state index is 12.6. The molecule has 0 spiro atoms. The molecule has 5 nitrogen and oxygen atoms in total. The lowest BCUT2D eigenvalue weighted by molar-refractivity contribution is 0.175. The lowest BCUT2D eigenvalue weighted by Gasteiger charge is -2.35. The van der Waals surface area contributed by atoms with Gasteiger partial charge in [-0.3, -0.25) is 4.90 Å². The highest BCUT2D eigenvalue weighted by Gasteiger charge is 2.34. The first-order chi connectivity index (χ1) is 14.8. The Bertz CT molecular complexity index is 850. The third kappa shape index (κ3) is 4.71. The third-order valence-corrected chi connectivity index (χ3v) is 7.87. The van der Waals surface area contributed by atoms with Gasteiger partial charge in [0.1, 0.15) is 0 Å². The van der Waals surface area contributed by atoms with Crippen molar-refractivity contribution in [2.24, 2.45) is 5.92 Å². The van der Waals surface area contributed by atoms with Gasteiger partial charge < -0.3 is 15.5 Å². The summed E-state index contributed by atoms with van der Waals surface area (Å²) in [6.45, 7) is 5.76. The second kappa shape index (κ2) is 9.08. The van der Waals surface area contributed by atoms with E-state index in [1.807, 2.05) is 11.3 Å². The second-order valence-corrected chi connectivity index (χ2v) is 9.99. The number of urea groups is 1. The number of nitrogens with zero attached hydrogens (tertiary/aromatic N) is 2. The molecular formula is C24H32N4OS. The third-order valence-electron chi connectivity index (χ3n) is 6.85. The summed E-state index contributed by atoms with van der Waals surface area (Å²) < 4.78 is 0. The zero-order valence-electron chi connectivity index (χ0n) is 17.6. The fourth-order valence-electron chi connectivity index (χ4n) is 4.96. The summed E-state index contributed by atoms with van der Waals surface area (Å²) in [6.07, 6.45) is 5.04. The van der Waals surface area contributed by atoms with Crippen molar-refractivity contribution >= 4 is 17.4 Å². The minimum Gasteiger partial charge on any atom is -0.338 e. The van der Waals surface area contributed by atoms with Crippen molar-refractivity contribution < 1.29 is 4.79 Å². The van der Waals surface area contributed by atoms with E-state index < -0.39 is 0 Å². The van der Waals surface area contributed by atoms with E-state index in [1.54, 1.807) is 0 Å². The topological polar surface area (TPSA) is 47.6 Å². The van der Waals surface area contributed by atoms with Crippen LogP contribution < -0.4 is 10.6 Å². The molecular weight excluding hydrogens is 392 g/mol. The van der Waals surface area contributed by atoms with Crippen molar-refractivity contribution in [3.63, 3.8) is 0 Å². The summed E-state index contributed by atoms with van der Waals surface area (Å²) in [6, 6.07) is 13.8. The number of benzene rings is 1. The first-order valence-electron chi connectivity index (χ1n) is 11.4. The molecule has 2 atom stereocenters. The van der Waals surface area contributed by atoms with Crippen molar-refractivity contribution in [2.45, 2.75) is 44.3 Å². The van der Waals surface area contributed by atoms with Crippen molar-refractivity contribution in [1.82, 2.24) is 20.4 Å². The molecule has 1 saturated heterocycles. The van der Waals surface area contributed by atoms with Crippen LogP contribution >= 0.6 is 11.3 Å². The number of amides is 2. The zero-order chi connectivity index (χ0) is 20.3. The number of thiophene rings is 1. The predicted octanol–water partition coefficient (Wildman–Crippen LogP) is 3.63. The fraction of sp³-hybridized carbons (Fsp3) is 0.542. The van der Waals surface area contributed by atoms with Crippen LogP contribution in [0.1, 0.15) is 41.3 Å². The highest BCUT2D eigenvalue weighted by Crippen LogP contribution is 2.32. The van der Waals surface area contributed by atoms with E-state index >= 15 is 0 Å². The molecule has 2 aromatic rings. The van der Waals surface area contributed by atoms with Crippen molar-refractivity contribution in [3.05, 3.63) is 57.8 Å². The second-order valence-electron chi connectivity index (χ2n) is 8.99. The molecule has 1 aromatic heterocycles. The Hall–Kier alpha value is -1.89. The van der Waals surface area contributed by atoms with Gasteiger partial charge in [-0.05, 0) is 60.7 Å². The standard InChI is InChI=1S/C24H32N4OS/c29-24(25-14-18-8-11-27(16-18)21-6-7-21)26-15-22(19-4-2-1-3-5-19)28-12-9-23-20(17-28)10-13-30-23/h1-5,10,13,18,21-22H,6-9,11-12,14-17H2,(H2,25,26,29). The first kappa shape index (κ1) is 20.0. The fourth-order valence-corrected chi connectivity index (χ4v) is 5.85. The number of carbonyl (C=O) groups is 1. The Balaban J connectivity index is 1.15. The molecule has 160 valence electrons. The summed E-state index contributed by atoms with van der Waals surface area (Å²) in [5.74, 6) is 0.598. The van der Waals surface area contributed by atoms with Gasteiger partial charge in [-0.15, -0.1) is 11.3 Å². The molecule has 2 fully saturated rings. The van der Waals surface area contributed by atoms with Crippen molar-refractivity contribution in [2.75, 3.05) is 32.7 Å². The maximum atomic E-state index is 12.6. The van der Waals surface area contributed by atoms with E-state index in [1.165, 1.54) is 41.8 Å². The Kier molecular flexibility index (Phi) is 6.07. The number of hydrogen-bond donors (Lipinski definition) is 2. The highest BCUT2D eigenvalue weighted by atomic mass is 32.1. The number of carbonyl (C=O) groups excluding carboxylic acids is 1. The molecule has 0 bridgehead atoms. The van der Waals surface area contributed by atoms with Crippen LogP contribution in [0.2, 0.25) is 0 Å². The smallest absolute Gasteiger partial charge is 0.314 e. The van der Waals surface area contributed by atoms with Crippen LogP contribution in [-0.2, 0) is 13.0 Å². The molecule has 1 saturated carbocycles. The van der Waals surface area contributed by atoms with Gasteiger partial charge in [0.25, 0.3) is 0 Å². The Morgan fingerprint density at radius 3 is 2.80 bits per heavy atom. The SMILES string of the molecule is O=C(NCC1CCN(C2CC2)C1)NCC(c1ccccc1)N1CCc2sccc2C1. The summed E-state index contributed by atoms with van der Waals surface area (Å²) in [7, 11) is 0. The highest BCUT2D eigenvalue weighted by molar-refractivity contribution is 7.10. The molecule has 3 aliphatic rings. The van der Waals surface area contributed by atoms with Gasteiger partial charge in [-0.25, -0.2) is 4.79 Å². The van der Waals surface area contributed by atoms with Gasteiger partial charge in [0.2, 0.25) is 0 Å². The monoisotopic (exact) mass is 424 g/mol. The Morgan fingerprint density at radius 1 is 1.10 bits per heavy atom. The van der Waals surface area contributed by atoms with E-state index in [4.69, 9.17) is 0 Å². The van der Waals surface area contributed by atoms with Crippen LogP contribution in [0.4, 0.5) is 4.79 Å². The number of rotatable bonds is 7. The van der Waals surface area contributed by atoms with Crippen LogP contribution in [0.5, 0.6) is 0 Å². The molecule has 2 unspecified atom stereocenters. The van der Waals surface area contributed by atoms with Crippen molar-refractivity contribution in [1.29, 1.82) is 0 Å². The quantitative estimate of drug-likeness (QED) is 0.714. The molecule has 5 rings (SSSR count). The van der Waals surface area contributed by atoms with E-state index in [-0.39, 0.29) is 12.1 Å². The number of likely N-dealkylation sites (tertiary alicyclic amines) is 1. The van der Waals surface area contributed by atoms with Crippen LogP contribution in [0, 0.1) is 5.92 Å². The molecule has 2 aliphatic heterocycles. The first-order valence-corrected chi connectivity index (χ1v) is 12.2. The average Bonchev–Trinajstić information content (AvgIpc) is 3.33. The molecule has 2 amide bonds. The molecule has 6 heteroatoms. The number of fused-ring (bicyclic) bond motifs is 1. The largest absolute Gasteiger partial charge is 0.338 e. The van der Waals surface area contributed by atoms with Crippen LogP contribution in [0.25, 0.3) is 0 Å². The summed E-state index contributed by atoms with van der Waals surface area (Å²) in [5, 5.41) is 8.50. The molecule has 2 N–H and O–H groups in total. The molecule has 1 aliphatic carbocycles. The van der Waals surface area contributed by atoms with E-state index in [2.05, 4.69) is 62.2 Å². The maximum Gasteiger partial charge on any atom is 0.314 e. The van der Waals surface area contributed by atoms with Gasteiger partial charge in [0.05, 0.1) is 6.04 Å². The molecule has 0 radical (unpaired) electrons. The Morgan fingerprint density at radius 2 is 1.97 bits per heavy atom. The zero-order valence-corrected chi connectivity index (χ0v) is 18.4. The molecule has 3 heterocycles. The minimum absolute atomic E-state index is 0.0333. The number of nitrogens with one attached hydrogen (secondary N) is 2. The Labute approximate surface area is 183 Å². The molecule has 30 heavy (non-hydrogen) atoms. The van der Waals surface area contributed by atoms with Gasteiger partial charge in [-0.1, -0.05) is 30.3 Å². The summed E-state index contributed by atoms with van der Waals surface area (Å²) in [4.78, 5) is 19.2. The van der Waals surface area contributed by atoms with Gasteiger partial charge in [-0.2, -0.15) is 0 Å². The number of hydrogen-bond acceptors (Lipinski definition) is 4. The summed E-state index contributed by atoms with van der Waals surface area (Å²) >= 11 is 1.87. The van der Waals surface area contributed by atoms with E-state index in [0.717, 1.165) is 38.6 Å². The lowest BCUT2D eigenvalue weighted by atomic mass is 10.0. The van der Waals surface area contributed by atoms with Crippen LogP contribution in [-0.4, -0.2) is 54.6 Å². The normalized spacial score (nSPS) is 23.1. The average molecular weight is 425 g/mol.